The Morgan fingerprint density at radius 1 is 1.08 bits per heavy atom. The molecule has 1 aliphatic heterocycles. The fourth-order valence-electron chi connectivity index (χ4n) is 3.07. The Bertz CT molecular complexity index is 982. The first-order valence-corrected chi connectivity index (χ1v) is 7.85. The Hall–Kier alpha value is -3.07. The molecule has 3 aromatic rings. The second-order valence-corrected chi connectivity index (χ2v) is 6.07. The summed E-state index contributed by atoms with van der Waals surface area (Å²) >= 11 is 0. The van der Waals surface area contributed by atoms with Gasteiger partial charge in [-0.2, -0.15) is 0 Å². The minimum Gasteiger partial charge on any atom is -0.504 e. The molecule has 0 aliphatic carbocycles. The first-order chi connectivity index (χ1) is 11.6. The zero-order valence-electron chi connectivity index (χ0n) is 13.2. The highest BCUT2D eigenvalue weighted by molar-refractivity contribution is 6.01. The summed E-state index contributed by atoms with van der Waals surface area (Å²) < 4.78 is 5.42. The van der Waals surface area contributed by atoms with Crippen molar-refractivity contribution in [1.29, 1.82) is 0 Å². The first-order valence-electron chi connectivity index (χ1n) is 7.85. The van der Waals surface area contributed by atoms with E-state index in [-0.39, 0.29) is 11.5 Å². The van der Waals surface area contributed by atoms with Crippen LogP contribution in [0.3, 0.4) is 0 Å². The van der Waals surface area contributed by atoms with E-state index in [4.69, 9.17) is 4.74 Å². The molecule has 0 unspecified atom stereocenters. The largest absolute Gasteiger partial charge is 0.504 e. The molecule has 24 heavy (non-hydrogen) atoms. The highest BCUT2D eigenvalue weighted by Gasteiger charge is 2.27. The van der Waals surface area contributed by atoms with Crippen LogP contribution in [0.4, 0.5) is 0 Å². The molecule has 0 fully saturated rings. The van der Waals surface area contributed by atoms with Crippen LogP contribution in [0.1, 0.15) is 16.7 Å². The van der Waals surface area contributed by atoms with Crippen molar-refractivity contribution >= 4 is 22.8 Å². The van der Waals surface area contributed by atoms with Gasteiger partial charge in [0.1, 0.15) is 0 Å². The number of phenols is 1. The highest BCUT2D eigenvalue weighted by Crippen LogP contribution is 2.41. The first kappa shape index (κ1) is 14.5. The van der Waals surface area contributed by atoms with E-state index in [0.717, 1.165) is 21.9 Å². The van der Waals surface area contributed by atoms with Crippen LogP contribution in [0.2, 0.25) is 0 Å². The van der Waals surface area contributed by atoms with E-state index in [1.54, 1.807) is 6.07 Å². The van der Waals surface area contributed by atoms with Gasteiger partial charge in [0.2, 0.25) is 0 Å². The van der Waals surface area contributed by atoms with Crippen LogP contribution in [0.5, 0.6) is 11.5 Å². The third-order valence-electron chi connectivity index (χ3n) is 4.33. The number of carbonyl (C=O) groups is 1. The number of esters is 1. The molecule has 118 valence electrons. The Morgan fingerprint density at radius 2 is 1.83 bits per heavy atom. The van der Waals surface area contributed by atoms with Crippen LogP contribution in [0.15, 0.2) is 60.2 Å². The summed E-state index contributed by atoms with van der Waals surface area (Å²) in [5.41, 5.74) is 3.57. The Labute approximate surface area is 139 Å². The number of benzene rings is 3. The smallest absolute Gasteiger partial charge is 0.339 e. The van der Waals surface area contributed by atoms with E-state index in [0.29, 0.717) is 12.0 Å². The average Bonchev–Trinajstić information content (AvgIpc) is 2.58. The second-order valence-electron chi connectivity index (χ2n) is 6.07. The minimum absolute atomic E-state index is 0.00596. The van der Waals surface area contributed by atoms with Crippen molar-refractivity contribution in [3.05, 3.63) is 76.9 Å². The van der Waals surface area contributed by atoms with E-state index >= 15 is 0 Å². The minimum atomic E-state index is -0.409. The molecule has 0 amide bonds. The second kappa shape index (κ2) is 5.53. The Kier molecular flexibility index (Phi) is 3.35. The van der Waals surface area contributed by atoms with Gasteiger partial charge in [-0.1, -0.05) is 54.1 Å². The van der Waals surface area contributed by atoms with Gasteiger partial charge in [-0.05, 0) is 35.4 Å². The molecule has 0 saturated carbocycles. The molecular formula is C21H16O3. The van der Waals surface area contributed by atoms with Gasteiger partial charge in [0.15, 0.2) is 11.5 Å². The van der Waals surface area contributed by atoms with Crippen LogP contribution in [0, 0.1) is 6.92 Å². The quantitative estimate of drug-likeness (QED) is 0.411. The zero-order valence-corrected chi connectivity index (χ0v) is 13.2. The predicted molar refractivity (Wildman–Crippen MR) is 94.1 cm³/mol. The number of aryl methyl sites for hydroxylation is 1. The summed E-state index contributed by atoms with van der Waals surface area (Å²) in [4.78, 5) is 12.3. The molecule has 1 heterocycles. The summed E-state index contributed by atoms with van der Waals surface area (Å²) in [5, 5.41) is 12.1. The summed E-state index contributed by atoms with van der Waals surface area (Å²) in [5.74, 6) is -0.125. The molecule has 3 heteroatoms. The molecule has 0 bridgehead atoms. The lowest BCUT2D eigenvalue weighted by Crippen LogP contribution is -2.19. The van der Waals surface area contributed by atoms with Crippen LogP contribution < -0.4 is 4.74 Å². The van der Waals surface area contributed by atoms with Crippen molar-refractivity contribution in [3.63, 3.8) is 0 Å². The average molecular weight is 316 g/mol. The summed E-state index contributed by atoms with van der Waals surface area (Å²) in [6.07, 6.45) is 2.29. The van der Waals surface area contributed by atoms with Crippen LogP contribution in [-0.2, 0) is 11.2 Å². The van der Waals surface area contributed by atoms with E-state index in [1.807, 2.05) is 61.5 Å². The number of rotatable bonds is 1. The van der Waals surface area contributed by atoms with Crippen molar-refractivity contribution in [2.45, 2.75) is 13.3 Å². The molecule has 0 saturated heterocycles. The van der Waals surface area contributed by atoms with Gasteiger partial charge >= 0.3 is 5.97 Å². The van der Waals surface area contributed by atoms with Gasteiger partial charge in [0.05, 0.1) is 0 Å². The van der Waals surface area contributed by atoms with Gasteiger partial charge < -0.3 is 9.84 Å². The molecule has 3 aromatic carbocycles. The topological polar surface area (TPSA) is 46.5 Å². The van der Waals surface area contributed by atoms with E-state index in [9.17, 15) is 9.90 Å². The number of phenolic OH excluding ortho intramolecular Hbond substituents is 1. The third-order valence-corrected chi connectivity index (χ3v) is 4.33. The maximum Gasteiger partial charge on any atom is 0.339 e. The molecule has 0 atom stereocenters. The van der Waals surface area contributed by atoms with Crippen LogP contribution in [0.25, 0.3) is 16.8 Å². The number of hydrogen-bond donors (Lipinski definition) is 1. The van der Waals surface area contributed by atoms with Crippen molar-refractivity contribution in [2.75, 3.05) is 0 Å². The summed E-state index contributed by atoms with van der Waals surface area (Å²) in [6.45, 7) is 2.02. The van der Waals surface area contributed by atoms with Crippen LogP contribution >= 0.6 is 0 Å². The van der Waals surface area contributed by atoms with Gasteiger partial charge in [0.25, 0.3) is 0 Å². The normalized spacial score (nSPS) is 15.4. The lowest BCUT2D eigenvalue weighted by molar-refractivity contribution is -0.130. The number of aromatic hydroxyl groups is 1. The number of fused-ring (bicyclic) bond motifs is 3. The van der Waals surface area contributed by atoms with Crippen molar-refractivity contribution < 1.29 is 14.6 Å². The molecule has 0 radical (unpaired) electrons. The number of ether oxygens (including phenoxy) is 1. The maximum atomic E-state index is 12.3. The fourth-order valence-corrected chi connectivity index (χ4v) is 3.07. The Balaban J connectivity index is 1.84. The fraction of sp³-hybridized carbons (Fsp3) is 0.0952. The van der Waals surface area contributed by atoms with Crippen molar-refractivity contribution in [2.24, 2.45) is 0 Å². The van der Waals surface area contributed by atoms with Gasteiger partial charge in [-0.25, -0.2) is 4.79 Å². The Morgan fingerprint density at radius 3 is 2.62 bits per heavy atom. The van der Waals surface area contributed by atoms with E-state index in [1.165, 1.54) is 5.56 Å². The zero-order chi connectivity index (χ0) is 16.7. The van der Waals surface area contributed by atoms with E-state index in [2.05, 4.69) is 0 Å². The maximum absolute atomic E-state index is 12.3. The molecular weight excluding hydrogens is 300 g/mol. The molecule has 0 spiro atoms. The van der Waals surface area contributed by atoms with Gasteiger partial charge in [-0.15, -0.1) is 0 Å². The van der Waals surface area contributed by atoms with Crippen molar-refractivity contribution in [1.82, 2.24) is 0 Å². The standard InChI is InChI=1S/C21H16O3/c1-13-6-8-14(9-7-13)10-16-11-18-17-5-3-2-4-15(17)12-19(22)20(18)24-21(16)23/h2-10,12,22H,11H2,1H3/b16-10+. The molecule has 1 aliphatic rings. The predicted octanol–water partition coefficient (Wildman–Crippen LogP) is 4.40. The number of carbonyl (C=O) groups excluding carboxylic acids is 1. The molecule has 4 rings (SSSR count). The van der Waals surface area contributed by atoms with Gasteiger partial charge in [0, 0.05) is 17.6 Å². The number of hydrogen-bond acceptors (Lipinski definition) is 3. The SMILES string of the molecule is Cc1ccc(/C=C2\Cc3c(c(O)cc4ccccc34)OC2=O)cc1. The van der Waals surface area contributed by atoms with E-state index < -0.39 is 5.97 Å². The van der Waals surface area contributed by atoms with Gasteiger partial charge in [-0.3, -0.25) is 0 Å². The molecule has 0 aromatic heterocycles. The molecule has 3 nitrogen and oxygen atoms in total. The summed E-state index contributed by atoms with van der Waals surface area (Å²) in [7, 11) is 0. The van der Waals surface area contributed by atoms with Crippen molar-refractivity contribution in [3.8, 4) is 11.5 Å². The third kappa shape index (κ3) is 2.44. The lowest BCUT2D eigenvalue weighted by atomic mass is 9.94. The molecule has 1 N–H and O–H groups in total. The van der Waals surface area contributed by atoms with Crippen LogP contribution in [-0.4, -0.2) is 11.1 Å². The lowest BCUT2D eigenvalue weighted by Gasteiger charge is -2.21. The monoisotopic (exact) mass is 316 g/mol. The summed E-state index contributed by atoms with van der Waals surface area (Å²) in [6, 6.07) is 17.4. The highest BCUT2D eigenvalue weighted by atomic mass is 16.5.